The van der Waals surface area contributed by atoms with Crippen molar-refractivity contribution in [3.05, 3.63) is 29.3 Å². The molecule has 0 aliphatic heterocycles. The van der Waals surface area contributed by atoms with Gasteiger partial charge in [-0.3, -0.25) is 0 Å². The minimum absolute atomic E-state index is 0.233. The van der Waals surface area contributed by atoms with Gasteiger partial charge in [0, 0.05) is 0 Å². The molecule has 3 N–H and O–H groups in total. The molecular weight excluding hydrogens is 406 g/mol. The lowest BCUT2D eigenvalue weighted by Gasteiger charge is -2.22. The molecule has 1 atom stereocenters. The van der Waals surface area contributed by atoms with E-state index < -0.39 is 15.9 Å². The summed E-state index contributed by atoms with van der Waals surface area (Å²) in [6.45, 7) is 2.63. The summed E-state index contributed by atoms with van der Waals surface area (Å²) in [5.41, 5.74) is 7.51. The topological polar surface area (TPSA) is 80.4 Å². The van der Waals surface area contributed by atoms with Gasteiger partial charge in [0.15, 0.2) is 9.84 Å². The zero-order valence-corrected chi connectivity index (χ0v) is 20.5. The van der Waals surface area contributed by atoms with Crippen molar-refractivity contribution in [2.45, 2.75) is 114 Å². The zero-order valence-electron chi connectivity index (χ0n) is 19.7. The standard InChI is InChI=1S/C26H45NO3S/c1-2-3-4-5-6-7-8-12-15-23-16-17-24(20-25(23)26(28)18-19-27)31(29,30)21-22-13-10-9-11-14-22/h16-17,20,22,26,28H,2-15,18-19,21,27H2,1H3. The summed E-state index contributed by atoms with van der Waals surface area (Å²) in [5.74, 6) is 0.504. The highest BCUT2D eigenvalue weighted by Crippen LogP contribution is 2.30. The molecule has 0 spiro atoms. The smallest absolute Gasteiger partial charge is 0.178 e. The summed E-state index contributed by atoms with van der Waals surface area (Å²) in [5, 5.41) is 10.7. The molecule has 0 amide bonds. The average molecular weight is 452 g/mol. The van der Waals surface area contributed by atoms with Gasteiger partial charge in [-0.05, 0) is 67.8 Å². The van der Waals surface area contributed by atoms with Gasteiger partial charge >= 0.3 is 0 Å². The lowest BCUT2D eigenvalue weighted by Crippen LogP contribution is -2.19. The van der Waals surface area contributed by atoms with Gasteiger partial charge in [-0.15, -0.1) is 0 Å². The Morgan fingerprint density at radius 3 is 2.29 bits per heavy atom. The van der Waals surface area contributed by atoms with Gasteiger partial charge in [0.1, 0.15) is 0 Å². The van der Waals surface area contributed by atoms with Crippen LogP contribution in [-0.2, 0) is 16.3 Å². The molecule has 1 unspecified atom stereocenters. The molecule has 4 nitrogen and oxygen atoms in total. The SMILES string of the molecule is CCCCCCCCCCc1ccc(S(=O)(=O)CC2CCCCC2)cc1C(O)CCN. The number of hydrogen-bond acceptors (Lipinski definition) is 4. The highest BCUT2D eigenvalue weighted by atomic mass is 32.2. The van der Waals surface area contributed by atoms with Crippen molar-refractivity contribution in [2.24, 2.45) is 11.7 Å². The van der Waals surface area contributed by atoms with E-state index in [2.05, 4.69) is 6.92 Å². The first-order chi connectivity index (χ1) is 15.0. The number of benzene rings is 1. The fourth-order valence-corrected chi connectivity index (χ4v) is 6.56. The van der Waals surface area contributed by atoms with Crippen LogP contribution in [-0.4, -0.2) is 25.8 Å². The Kier molecular flexibility index (Phi) is 12.1. The van der Waals surface area contributed by atoms with Crippen molar-refractivity contribution in [3.8, 4) is 0 Å². The molecule has 1 saturated carbocycles. The first kappa shape index (κ1) is 26.3. The molecule has 0 aromatic heterocycles. The molecule has 1 aliphatic carbocycles. The zero-order chi connectivity index (χ0) is 22.5. The van der Waals surface area contributed by atoms with Crippen LogP contribution in [0.25, 0.3) is 0 Å². The third kappa shape index (κ3) is 9.23. The van der Waals surface area contributed by atoms with Crippen molar-refractivity contribution in [3.63, 3.8) is 0 Å². The summed E-state index contributed by atoms with van der Waals surface area (Å²) in [6, 6.07) is 5.43. The van der Waals surface area contributed by atoms with Gasteiger partial charge < -0.3 is 10.8 Å². The van der Waals surface area contributed by atoms with Gasteiger partial charge in [0.2, 0.25) is 0 Å². The number of rotatable bonds is 15. The van der Waals surface area contributed by atoms with Crippen LogP contribution >= 0.6 is 0 Å². The maximum Gasteiger partial charge on any atom is 0.178 e. The molecule has 5 heteroatoms. The molecule has 178 valence electrons. The predicted octanol–water partition coefficient (Wildman–Crippen LogP) is 6.11. The second-order valence-corrected chi connectivity index (χ2v) is 11.5. The second kappa shape index (κ2) is 14.3. The maximum absolute atomic E-state index is 13.0. The number of aryl methyl sites for hydroxylation is 1. The third-order valence-electron chi connectivity index (χ3n) is 6.76. The molecule has 0 bridgehead atoms. The number of unbranched alkanes of at least 4 members (excludes halogenated alkanes) is 7. The number of nitrogens with two attached hydrogens (primary N) is 1. The van der Waals surface area contributed by atoms with E-state index in [1.807, 2.05) is 6.07 Å². The van der Waals surface area contributed by atoms with E-state index in [0.717, 1.165) is 49.7 Å². The predicted molar refractivity (Wildman–Crippen MR) is 130 cm³/mol. The number of aliphatic hydroxyl groups excluding tert-OH is 1. The lowest BCUT2D eigenvalue weighted by atomic mass is 9.91. The summed E-state index contributed by atoms with van der Waals surface area (Å²) in [6.07, 6.45) is 16.2. The van der Waals surface area contributed by atoms with E-state index in [0.29, 0.717) is 17.9 Å². The molecule has 1 fully saturated rings. The van der Waals surface area contributed by atoms with Crippen LogP contribution in [0.4, 0.5) is 0 Å². The van der Waals surface area contributed by atoms with Crippen LogP contribution in [0.15, 0.2) is 23.1 Å². The maximum atomic E-state index is 13.0. The van der Waals surface area contributed by atoms with Crippen LogP contribution in [0, 0.1) is 5.92 Å². The van der Waals surface area contributed by atoms with Crippen molar-refractivity contribution >= 4 is 9.84 Å². The molecular formula is C26H45NO3S. The average Bonchev–Trinajstić information content (AvgIpc) is 2.76. The Bertz CT molecular complexity index is 726. The Morgan fingerprint density at radius 1 is 1.00 bits per heavy atom. The van der Waals surface area contributed by atoms with Crippen LogP contribution < -0.4 is 5.73 Å². The molecule has 1 aromatic carbocycles. The summed E-state index contributed by atoms with van der Waals surface area (Å²) in [7, 11) is -3.33. The first-order valence-electron chi connectivity index (χ1n) is 12.7. The van der Waals surface area contributed by atoms with Gasteiger partial charge in [-0.2, -0.15) is 0 Å². The van der Waals surface area contributed by atoms with Crippen molar-refractivity contribution in [2.75, 3.05) is 12.3 Å². The van der Waals surface area contributed by atoms with Crippen molar-refractivity contribution in [1.82, 2.24) is 0 Å². The highest BCUT2D eigenvalue weighted by molar-refractivity contribution is 7.91. The summed E-state index contributed by atoms with van der Waals surface area (Å²) >= 11 is 0. The van der Waals surface area contributed by atoms with Gasteiger partial charge in [0.25, 0.3) is 0 Å². The van der Waals surface area contributed by atoms with Crippen LogP contribution in [0.3, 0.4) is 0 Å². The third-order valence-corrected chi connectivity index (χ3v) is 8.64. The van der Waals surface area contributed by atoms with E-state index >= 15 is 0 Å². The Labute approximate surface area is 190 Å². The van der Waals surface area contributed by atoms with E-state index in [1.165, 1.54) is 51.4 Å². The summed E-state index contributed by atoms with van der Waals surface area (Å²) < 4.78 is 26.1. The second-order valence-electron chi connectivity index (χ2n) is 9.46. The van der Waals surface area contributed by atoms with E-state index in [9.17, 15) is 13.5 Å². The number of hydrogen-bond donors (Lipinski definition) is 2. The Balaban J connectivity index is 2.00. The normalized spacial score (nSPS) is 16.5. The lowest BCUT2D eigenvalue weighted by molar-refractivity contribution is 0.169. The molecule has 0 saturated heterocycles. The Morgan fingerprint density at radius 2 is 1.65 bits per heavy atom. The minimum Gasteiger partial charge on any atom is -0.388 e. The fourth-order valence-electron chi connectivity index (χ4n) is 4.83. The number of sulfone groups is 1. The van der Waals surface area contributed by atoms with Crippen LogP contribution in [0.1, 0.15) is 114 Å². The monoisotopic (exact) mass is 451 g/mol. The van der Waals surface area contributed by atoms with E-state index in [-0.39, 0.29) is 11.7 Å². The molecule has 0 radical (unpaired) electrons. The summed E-state index contributed by atoms with van der Waals surface area (Å²) in [4.78, 5) is 0.365. The van der Waals surface area contributed by atoms with Crippen molar-refractivity contribution < 1.29 is 13.5 Å². The largest absolute Gasteiger partial charge is 0.388 e. The molecule has 1 aliphatic rings. The number of aliphatic hydroxyl groups is 1. The molecule has 1 aromatic rings. The fraction of sp³-hybridized carbons (Fsp3) is 0.769. The first-order valence-corrected chi connectivity index (χ1v) is 14.4. The molecule has 31 heavy (non-hydrogen) atoms. The minimum atomic E-state index is -3.33. The molecule has 2 rings (SSSR count). The van der Waals surface area contributed by atoms with Gasteiger partial charge in [-0.1, -0.05) is 77.2 Å². The van der Waals surface area contributed by atoms with E-state index in [1.54, 1.807) is 12.1 Å². The van der Waals surface area contributed by atoms with Gasteiger partial charge in [-0.25, -0.2) is 8.42 Å². The quantitative estimate of drug-likeness (QED) is 0.315. The van der Waals surface area contributed by atoms with Gasteiger partial charge in [0.05, 0.1) is 16.8 Å². The van der Waals surface area contributed by atoms with E-state index in [4.69, 9.17) is 5.73 Å². The molecule has 0 heterocycles. The van der Waals surface area contributed by atoms with Crippen LogP contribution in [0.5, 0.6) is 0 Å². The Hall–Kier alpha value is -0.910. The van der Waals surface area contributed by atoms with Crippen LogP contribution in [0.2, 0.25) is 0 Å². The highest BCUT2D eigenvalue weighted by Gasteiger charge is 2.24. The van der Waals surface area contributed by atoms with Crippen molar-refractivity contribution in [1.29, 1.82) is 0 Å².